The molecule has 114 valence electrons. The second-order valence-corrected chi connectivity index (χ2v) is 6.24. The minimum atomic E-state index is -0.205. The molecule has 0 fully saturated rings. The maximum absolute atomic E-state index is 9.45. The lowest BCUT2D eigenvalue weighted by atomic mass is 9.78. The molecule has 0 saturated carbocycles. The maximum atomic E-state index is 9.45. The van der Waals surface area contributed by atoms with E-state index >= 15 is 0 Å². The molecule has 0 spiro atoms. The van der Waals surface area contributed by atoms with Crippen molar-refractivity contribution in [3.63, 3.8) is 0 Å². The van der Waals surface area contributed by atoms with E-state index in [2.05, 4.69) is 30.0 Å². The number of aromatic nitrogens is 3. The average molecular weight is 316 g/mol. The monoisotopic (exact) mass is 315 g/mol. The lowest BCUT2D eigenvalue weighted by molar-refractivity contribution is 0.474. The van der Waals surface area contributed by atoms with Crippen molar-refractivity contribution in [1.82, 2.24) is 14.8 Å². The van der Waals surface area contributed by atoms with Crippen LogP contribution in [-0.4, -0.2) is 25.8 Å². The number of rotatable bonds is 4. The number of pyridine rings is 1. The highest BCUT2D eigenvalue weighted by atomic mass is 35.5. The Kier molecular flexibility index (Phi) is 3.79. The molecule has 0 bridgehead atoms. The van der Waals surface area contributed by atoms with E-state index in [0.717, 1.165) is 22.2 Å². The summed E-state index contributed by atoms with van der Waals surface area (Å²) in [6.45, 7) is 4.94. The van der Waals surface area contributed by atoms with Gasteiger partial charge in [0.15, 0.2) is 5.65 Å². The third-order valence-electron chi connectivity index (χ3n) is 4.08. The van der Waals surface area contributed by atoms with E-state index in [1.807, 2.05) is 29.2 Å². The number of hydrogen-bond donors (Lipinski definition) is 1. The summed E-state index contributed by atoms with van der Waals surface area (Å²) >= 11 is 5.78. The summed E-state index contributed by atoms with van der Waals surface area (Å²) in [5, 5.41) is 14.8. The molecule has 4 nitrogen and oxygen atoms in total. The van der Waals surface area contributed by atoms with Gasteiger partial charge in [-0.05, 0) is 29.3 Å². The molecule has 0 radical (unpaired) electrons. The van der Waals surface area contributed by atoms with Crippen LogP contribution in [-0.2, 0) is 12.0 Å². The van der Waals surface area contributed by atoms with E-state index in [1.54, 1.807) is 12.1 Å². The Balaban J connectivity index is 2.03. The number of halogens is 1. The summed E-state index contributed by atoms with van der Waals surface area (Å²) in [4.78, 5) is 4.56. The van der Waals surface area contributed by atoms with Crippen molar-refractivity contribution in [3.05, 3.63) is 53.9 Å². The van der Waals surface area contributed by atoms with Gasteiger partial charge in [0.25, 0.3) is 0 Å². The first-order valence-electron chi connectivity index (χ1n) is 7.20. The number of nitrogens with zero attached hydrogens (tertiary/aromatic N) is 3. The Bertz CT molecular complexity index is 793. The molecule has 1 aromatic carbocycles. The van der Waals surface area contributed by atoms with Crippen LogP contribution in [0.3, 0.4) is 0 Å². The first-order valence-corrected chi connectivity index (χ1v) is 7.73. The summed E-state index contributed by atoms with van der Waals surface area (Å²) in [5.74, 6) is 0.787. The SMILES string of the molecule is CC(C)(c1ccc(O)cc1)c1cnc2c(cnn2CCCl)c1. The molecule has 0 atom stereocenters. The molecule has 0 aliphatic rings. The van der Waals surface area contributed by atoms with Crippen LogP contribution in [0.1, 0.15) is 25.0 Å². The predicted octanol–water partition coefficient (Wildman–Crippen LogP) is 3.70. The number of benzene rings is 1. The van der Waals surface area contributed by atoms with Crippen LogP contribution in [0.4, 0.5) is 0 Å². The zero-order valence-corrected chi connectivity index (χ0v) is 13.4. The Morgan fingerprint density at radius 2 is 1.86 bits per heavy atom. The molecule has 1 N–H and O–H groups in total. The smallest absolute Gasteiger partial charge is 0.157 e. The van der Waals surface area contributed by atoms with Gasteiger partial charge in [0.2, 0.25) is 0 Å². The lowest BCUT2D eigenvalue weighted by Gasteiger charge is -2.25. The number of fused-ring (bicyclic) bond motifs is 1. The summed E-state index contributed by atoms with van der Waals surface area (Å²) in [7, 11) is 0. The quantitative estimate of drug-likeness (QED) is 0.747. The number of aryl methyl sites for hydroxylation is 1. The van der Waals surface area contributed by atoms with Crippen molar-refractivity contribution in [2.45, 2.75) is 25.8 Å². The topological polar surface area (TPSA) is 50.9 Å². The fourth-order valence-electron chi connectivity index (χ4n) is 2.60. The van der Waals surface area contributed by atoms with Crippen LogP contribution in [0, 0.1) is 0 Å². The Morgan fingerprint density at radius 3 is 2.55 bits per heavy atom. The van der Waals surface area contributed by atoms with Crippen LogP contribution >= 0.6 is 11.6 Å². The van der Waals surface area contributed by atoms with Crippen molar-refractivity contribution in [3.8, 4) is 5.75 Å². The third-order valence-corrected chi connectivity index (χ3v) is 4.25. The standard InChI is InChI=1S/C17H18ClN3O/c1-17(2,13-3-5-15(22)6-4-13)14-9-12-10-20-21(8-7-18)16(12)19-11-14/h3-6,9-11,22H,7-8H2,1-2H3. The molecule has 0 amide bonds. The second-order valence-electron chi connectivity index (χ2n) is 5.87. The summed E-state index contributed by atoms with van der Waals surface area (Å²) in [6.07, 6.45) is 3.72. The van der Waals surface area contributed by atoms with Crippen LogP contribution < -0.4 is 0 Å². The van der Waals surface area contributed by atoms with Gasteiger partial charge in [-0.15, -0.1) is 11.6 Å². The van der Waals surface area contributed by atoms with Gasteiger partial charge in [0.05, 0.1) is 12.7 Å². The highest BCUT2D eigenvalue weighted by molar-refractivity contribution is 6.17. The second kappa shape index (κ2) is 5.61. The van der Waals surface area contributed by atoms with Gasteiger partial charge < -0.3 is 5.11 Å². The molecular weight excluding hydrogens is 298 g/mol. The number of alkyl halides is 1. The Morgan fingerprint density at radius 1 is 1.14 bits per heavy atom. The van der Waals surface area contributed by atoms with Crippen LogP contribution in [0.2, 0.25) is 0 Å². The maximum Gasteiger partial charge on any atom is 0.157 e. The first kappa shape index (κ1) is 14.9. The molecule has 0 aliphatic heterocycles. The summed E-state index contributed by atoms with van der Waals surface area (Å²) in [6, 6.07) is 9.42. The highest BCUT2D eigenvalue weighted by Gasteiger charge is 2.24. The molecule has 0 unspecified atom stereocenters. The molecule has 5 heteroatoms. The van der Waals surface area contributed by atoms with E-state index in [9.17, 15) is 5.11 Å². The minimum Gasteiger partial charge on any atom is -0.508 e. The molecule has 22 heavy (non-hydrogen) atoms. The predicted molar refractivity (Wildman–Crippen MR) is 88.5 cm³/mol. The molecule has 3 rings (SSSR count). The van der Waals surface area contributed by atoms with Gasteiger partial charge in [-0.1, -0.05) is 26.0 Å². The van der Waals surface area contributed by atoms with E-state index in [1.165, 1.54) is 0 Å². The van der Waals surface area contributed by atoms with E-state index in [-0.39, 0.29) is 11.2 Å². The van der Waals surface area contributed by atoms with E-state index in [4.69, 9.17) is 11.6 Å². The van der Waals surface area contributed by atoms with Gasteiger partial charge in [-0.3, -0.25) is 0 Å². The van der Waals surface area contributed by atoms with Gasteiger partial charge in [0.1, 0.15) is 5.75 Å². The fraction of sp³-hybridized carbons (Fsp3) is 0.294. The number of phenols is 1. The van der Waals surface area contributed by atoms with Crippen molar-refractivity contribution in [2.75, 3.05) is 5.88 Å². The van der Waals surface area contributed by atoms with Gasteiger partial charge in [0, 0.05) is 22.9 Å². The molecule has 0 saturated heterocycles. The van der Waals surface area contributed by atoms with Crippen LogP contribution in [0.25, 0.3) is 11.0 Å². The normalized spacial score (nSPS) is 12.0. The third kappa shape index (κ3) is 2.55. The van der Waals surface area contributed by atoms with E-state index < -0.39 is 0 Å². The van der Waals surface area contributed by atoms with Crippen molar-refractivity contribution in [2.24, 2.45) is 0 Å². The van der Waals surface area contributed by atoms with Crippen LogP contribution in [0.15, 0.2) is 42.7 Å². The zero-order valence-electron chi connectivity index (χ0n) is 12.6. The van der Waals surface area contributed by atoms with E-state index in [0.29, 0.717) is 12.4 Å². The van der Waals surface area contributed by atoms with Gasteiger partial charge in [-0.2, -0.15) is 5.10 Å². The van der Waals surface area contributed by atoms with Crippen molar-refractivity contribution in [1.29, 1.82) is 0 Å². The molecule has 2 heterocycles. The number of hydrogen-bond acceptors (Lipinski definition) is 3. The Hall–Kier alpha value is -2.07. The lowest BCUT2D eigenvalue weighted by Crippen LogP contribution is -2.19. The summed E-state index contributed by atoms with van der Waals surface area (Å²) < 4.78 is 1.82. The zero-order chi connectivity index (χ0) is 15.7. The largest absolute Gasteiger partial charge is 0.508 e. The highest BCUT2D eigenvalue weighted by Crippen LogP contribution is 2.33. The fourth-order valence-corrected chi connectivity index (χ4v) is 2.76. The van der Waals surface area contributed by atoms with Gasteiger partial charge in [-0.25, -0.2) is 9.67 Å². The molecule has 2 aromatic heterocycles. The van der Waals surface area contributed by atoms with Crippen LogP contribution in [0.5, 0.6) is 5.75 Å². The number of aromatic hydroxyl groups is 1. The Labute approximate surface area is 134 Å². The molecular formula is C17H18ClN3O. The molecule has 3 aromatic rings. The number of phenolic OH excluding ortho intramolecular Hbond substituents is 1. The van der Waals surface area contributed by atoms with Gasteiger partial charge >= 0.3 is 0 Å². The average Bonchev–Trinajstić information content (AvgIpc) is 2.91. The van der Waals surface area contributed by atoms with Crippen molar-refractivity contribution < 1.29 is 5.11 Å². The minimum absolute atomic E-state index is 0.205. The van der Waals surface area contributed by atoms with Crippen molar-refractivity contribution >= 4 is 22.6 Å². The first-order chi connectivity index (χ1) is 10.5. The molecule has 0 aliphatic carbocycles. The summed E-state index contributed by atoms with van der Waals surface area (Å²) in [5.41, 5.74) is 2.88.